The molecule has 3 aromatic carbocycles. The summed E-state index contributed by atoms with van der Waals surface area (Å²) in [5.41, 5.74) is 0.762. The number of aryl methyl sites for hydroxylation is 1. The summed E-state index contributed by atoms with van der Waals surface area (Å²) in [6, 6.07) is 24.6. The first-order valence-corrected chi connectivity index (χ1v) is 12.2. The van der Waals surface area contributed by atoms with E-state index in [-0.39, 0.29) is 23.1 Å². The van der Waals surface area contributed by atoms with E-state index in [2.05, 4.69) is 22.1 Å². The number of benzene rings is 3. The van der Waals surface area contributed by atoms with Gasteiger partial charge >= 0.3 is 0 Å². The molecule has 0 bridgehead atoms. The number of halogens is 2. The van der Waals surface area contributed by atoms with Crippen LogP contribution in [0.15, 0.2) is 85.3 Å². The molecule has 5 rings (SSSR count). The first-order valence-electron chi connectivity index (χ1n) is 12.2. The smallest absolute Gasteiger partial charge is 0.287 e. The van der Waals surface area contributed by atoms with Crippen molar-refractivity contribution >= 4 is 10.9 Å². The summed E-state index contributed by atoms with van der Waals surface area (Å²) in [7, 11) is 1.74. The molecule has 0 saturated carbocycles. The average Bonchev–Trinajstić information content (AvgIpc) is 3.38. The molecule has 0 spiro atoms. The van der Waals surface area contributed by atoms with Gasteiger partial charge in [0.1, 0.15) is 11.8 Å². The third kappa shape index (κ3) is 4.52. The third-order valence-electron chi connectivity index (χ3n) is 6.87. The number of imidazole rings is 1. The Balaban J connectivity index is 1.79. The van der Waals surface area contributed by atoms with Gasteiger partial charge in [0.2, 0.25) is 0 Å². The molecule has 0 saturated heterocycles. The molecule has 1 unspecified atom stereocenters. The molecule has 0 fully saturated rings. The zero-order valence-corrected chi connectivity index (χ0v) is 21.2. The molecule has 2 heterocycles. The summed E-state index contributed by atoms with van der Waals surface area (Å²) in [4.78, 5) is 8.48. The minimum absolute atomic E-state index is 0.0782. The minimum atomic E-state index is -3.28. The molecular formula is C31H23F2N5O. The molecule has 1 atom stereocenters. The first-order chi connectivity index (χ1) is 18.7. The highest BCUT2D eigenvalue weighted by Crippen LogP contribution is 2.40. The highest BCUT2D eigenvalue weighted by atomic mass is 19.3. The van der Waals surface area contributed by atoms with Gasteiger partial charge in [-0.3, -0.25) is 0 Å². The summed E-state index contributed by atoms with van der Waals surface area (Å²) in [5.74, 6) is -3.28. The van der Waals surface area contributed by atoms with Crippen LogP contribution in [-0.2, 0) is 25.0 Å². The lowest BCUT2D eigenvalue weighted by Gasteiger charge is -2.30. The molecule has 0 radical (unpaired) electrons. The number of nitriles is 2. The summed E-state index contributed by atoms with van der Waals surface area (Å²) in [6.45, 7) is 0.775. The second-order valence-electron chi connectivity index (χ2n) is 9.50. The Kier molecular flexibility index (Phi) is 6.43. The van der Waals surface area contributed by atoms with Crippen molar-refractivity contribution < 1.29 is 13.9 Å². The molecule has 8 heteroatoms. The van der Waals surface area contributed by atoms with Crippen molar-refractivity contribution in [2.24, 2.45) is 7.05 Å². The van der Waals surface area contributed by atoms with E-state index in [4.69, 9.17) is 0 Å². The summed E-state index contributed by atoms with van der Waals surface area (Å²) >= 11 is 0. The lowest BCUT2D eigenvalue weighted by Crippen LogP contribution is -2.31. The molecule has 0 aliphatic rings. The van der Waals surface area contributed by atoms with E-state index in [1.165, 1.54) is 12.3 Å². The van der Waals surface area contributed by atoms with Gasteiger partial charge in [0.05, 0.1) is 40.9 Å². The van der Waals surface area contributed by atoms with Crippen molar-refractivity contribution in [1.29, 1.82) is 10.5 Å². The van der Waals surface area contributed by atoms with E-state index < -0.39 is 17.2 Å². The normalized spacial score (nSPS) is 13.0. The minimum Gasteiger partial charge on any atom is -0.374 e. The maximum absolute atomic E-state index is 14.8. The Morgan fingerprint density at radius 2 is 1.64 bits per heavy atom. The van der Waals surface area contributed by atoms with Gasteiger partial charge in [0.25, 0.3) is 5.92 Å². The number of hydrogen-bond acceptors (Lipinski definition) is 5. The summed E-state index contributed by atoms with van der Waals surface area (Å²) in [5, 5.41) is 32.2. The molecule has 1 N–H and O–H groups in total. The predicted molar refractivity (Wildman–Crippen MR) is 142 cm³/mol. The maximum Gasteiger partial charge on any atom is 0.287 e. The van der Waals surface area contributed by atoms with Crippen LogP contribution in [0.3, 0.4) is 0 Å². The Morgan fingerprint density at radius 1 is 0.949 bits per heavy atom. The van der Waals surface area contributed by atoms with Crippen molar-refractivity contribution in [3.8, 4) is 12.1 Å². The summed E-state index contributed by atoms with van der Waals surface area (Å²) < 4.78 is 31.3. The van der Waals surface area contributed by atoms with Crippen LogP contribution < -0.4 is 0 Å². The fourth-order valence-corrected chi connectivity index (χ4v) is 4.94. The van der Waals surface area contributed by atoms with E-state index in [1.807, 2.05) is 30.3 Å². The van der Waals surface area contributed by atoms with Crippen LogP contribution in [0, 0.1) is 22.7 Å². The van der Waals surface area contributed by atoms with Crippen LogP contribution in [0.1, 0.15) is 51.7 Å². The van der Waals surface area contributed by atoms with Crippen molar-refractivity contribution in [2.45, 2.75) is 24.9 Å². The standard InChI is InChI=1S/C31H23F2N5O/c1-30(32,33)29-25(14-20-6-4-3-5-7-20)26(17-35)24-15-23(12-13-27(24)37-29)31(39,28-18-36-19-38(28)2)22-10-8-21(16-34)9-11-22/h3-13,15,18-19,39H,14H2,1-2H3. The van der Waals surface area contributed by atoms with Crippen LogP contribution >= 0.6 is 0 Å². The van der Waals surface area contributed by atoms with Crippen LogP contribution in [0.5, 0.6) is 0 Å². The van der Waals surface area contributed by atoms with E-state index in [9.17, 15) is 24.4 Å². The number of aliphatic hydroxyl groups is 1. The molecule has 5 aromatic rings. The number of pyridine rings is 1. The third-order valence-corrected chi connectivity index (χ3v) is 6.87. The molecule has 0 aliphatic carbocycles. The molecule has 6 nitrogen and oxygen atoms in total. The van der Waals surface area contributed by atoms with Gasteiger partial charge in [-0.2, -0.15) is 19.3 Å². The van der Waals surface area contributed by atoms with Crippen LogP contribution in [-0.4, -0.2) is 19.6 Å². The zero-order chi connectivity index (χ0) is 27.8. The van der Waals surface area contributed by atoms with Crippen LogP contribution in [0.2, 0.25) is 0 Å². The van der Waals surface area contributed by atoms with E-state index >= 15 is 0 Å². The maximum atomic E-state index is 14.8. The molecule has 0 aliphatic heterocycles. The Bertz CT molecular complexity index is 1760. The number of aromatic nitrogens is 3. The number of nitrogens with zero attached hydrogens (tertiary/aromatic N) is 5. The first kappa shape index (κ1) is 25.7. The van der Waals surface area contributed by atoms with E-state index in [0.717, 1.165) is 12.5 Å². The second kappa shape index (κ2) is 9.75. The van der Waals surface area contributed by atoms with Crippen LogP contribution in [0.25, 0.3) is 10.9 Å². The molecule has 0 amide bonds. The molecule has 192 valence electrons. The summed E-state index contributed by atoms with van der Waals surface area (Å²) in [6.07, 6.45) is 3.19. The number of hydrogen-bond donors (Lipinski definition) is 1. The van der Waals surface area contributed by atoms with Crippen LogP contribution in [0.4, 0.5) is 8.78 Å². The van der Waals surface area contributed by atoms with Crippen molar-refractivity contribution in [2.75, 3.05) is 0 Å². The largest absolute Gasteiger partial charge is 0.374 e. The number of alkyl halides is 2. The van der Waals surface area contributed by atoms with E-state index in [0.29, 0.717) is 27.8 Å². The van der Waals surface area contributed by atoms with Gasteiger partial charge in [-0.1, -0.05) is 48.5 Å². The van der Waals surface area contributed by atoms with Gasteiger partial charge in [-0.15, -0.1) is 0 Å². The highest BCUT2D eigenvalue weighted by molar-refractivity contribution is 5.88. The Labute approximate surface area is 224 Å². The monoisotopic (exact) mass is 519 g/mol. The second-order valence-corrected chi connectivity index (χ2v) is 9.50. The quantitative estimate of drug-likeness (QED) is 0.310. The average molecular weight is 520 g/mol. The fraction of sp³-hybridized carbons (Fsp3) is 0.161. The zero-order valence-electron chi connectivity index (χ0n) is 21.2. The lowest BCUT2D eigenvalue weighted by atomic mass is 9.82. The van der Waals surface area contributed by atoms with Crippen molar-refractivity contribution in [1.82, 2.24) is 14.5 Å². The predicted octanol–water partition coefficient (Wildman–Crippen LogP) is 5.70. The Hall–Kier alpha value is -4.92. The SMILES string of the molecule is Cn1cncc1C(O)(c1ccc(C#N)cc1)c1ccc2nc(C(C)(F)F)c(Cc3ccccc3)c(C#N)c2c1. The molecular weight excluding hydrogens is 496 g/mol. The fourth-order valence-electron chi connectivity index (χ4n) is 4.94. The Morgan fingerprint density at radius 3 is 2.23 bits per heavy atom. The highest BCUT2D eigenvalue weighted by Gasteiger charge is 2.38. The van der Waals surface area contributed by atoms with Gasteiger partial charge in [-0.05, 0) is 41.0 Å². The van der Waals surface area contributed by atoms with Gasteiger partial charge in [0.15, 0.2) is 5.60 Å². The van der Waals surface area contributed by atoms with Crippen molar-refractivity contribution in [3.63, 3.8) is 0 Å². The topological polar surface area (TPSA) is 98.5 Å². The number of fused-ring (bicyclic) bond motifs is 1. The van der Waals surface area contributed by atoms with Crippen molar-refractivity contribution in [3.05, 3.63) is 130 Å². The number of rotatable bonds is 6. The lowest BCUT2D eigenvalue weighted by molar-refractivity contribution is 0.0122. The van der Waals surface area contributed by atoms with Gasteiger partial charge in [-0.25, -0.2) is 9.97 Å². The molecule has 39 heavy (non-hydrogen) atoms. The van der Waals surface area contributed by atoms with Gasteiger partial charge < -0.3 is 9.67 Å². The van der Waals surface area contributed by atoms with E-state index in [1.54, 1.807) is 54.3 Å². The van der Waals surface area contributed by atoms with Gasteiger partial charge in [0, 0.05) is 31.3 Å². The molecule has 2 aromatic heterocycles.